The number of alkyl halides is 2. The number of rotatable bonds is 7. The van der Waals surface area contributed by atoms with E-state index < -0.39 is 12.0 Å². The van der Waals surface area contributed by atoms with Crippen LogP contribution >= 0.6 is 0 Å². The van der Waals surface area contributed by atoms with E-state index in [1.807, 2.05) is 40.8 Å². The fourth-order valence-electron chi connectivity index (χ4n) is 3.70. The van der Waals surface area contributed by atoms with E-state index >= 15 is 0 Å². The van der Waals surface area contributed by atoms with E-state index in [0.29, 0.717) is 24.2 Å². The number of likely N-dealkylation sites (N-methyl/N-ethyl adjacent to an activating group) is 1. The molecular formula is C25H22F2N6O3. The molecule has 36 heavy (non-hydrogen) atoms. The number of aromatic nitrogens is 3. The lowest BCUT2D eigenvalue weighted by molar-refractivity contribution is -0.187. The number of aliphatic imine (C=N–C) groups is 1. The highest BCUT2D eigenvalue weighted by Crippen LogP contribution is 2.25. The SMILES string of the molecule is CN1CCN=C1n1c(OCc2cccc(NC(=O)C(F)(F)Oc3ccccc3)n2)nc2ccccc21. The molecule has 0 atom stereocenters. The highest BCUT2D eigenvalue weighted by atomic mass is 19.3. The molecule has 0 unspecified atom stereocenters. The van der Waals surface area contributed by atoms with Gasteiger partial charge in [-0.25, -0.2) is 9.55 Å². The smallest absolute Gasteiger partial charge is 0.458 e. The predicted molar refractivity (Wildman–Crippen MR) is 129 cm³/mol. The first kappa shape index (κ1) is 23.2. The summed E-state index contributed by atoms with van der Waals surface area (Å²) < 4.78 is 40.9. The first-order valence-corrected chi connectivity index (χ1v) is 11.2. The molecule has 0 fully saturated rings. The average molecular weight is 492 g/mol. The van der Waals surface area contributed by atoms with Crippen molar-refractivity contribution in [3.05, 3.63) is 78.5 Å². The molecule has 0 bridgehead atoms. The van der Waals surface area contributed by atoms with Gasteiger partial charge in [0.15, 0.2) is 0 Å². The van der Waals surface area contributed by atoms with E-state index in [2.05, 4.69) is 25.0 Å². The number of pyridine rings is 1. The molecular weight excluding hydrogens is 470 g/mol. The first-order valence-electron chi connectivity index (χ1n) is 11.2. The van der Waals surface area contributed by atoms with Crippen LogP contribution in [0.1, 0.15) is 5.69 Å². The van der Waals surface area contributed by atoms with E-state index in [4.69, 9.17) is 4.74 Å². The lowest BCUT2D eigenvalue weighted by Gasteiger charge is -2.17. The minimum atomic E-state index is -4.09. The van der Waals surface area contributed by atoms with Crippen molar-refractivity contribution in [2.24, 2.45) is 4.99 Å². The summed E-state index contributed by atoms with van der Waals surface area (Å²) in [5.74, 6) is -1.12. The molecule has 1 N–H and O–H groups in total. The van der Waals surface area contributed by atoms with Crippen molar-refractivity contribution < 1.29 is 23.0 Å². The Morgan fingerprint density at radius 3 is 2.58 bits per heavy atom. The summed E-state index contributed by atoms with van der Waals surface area (Å²) in [7, 11) is 1.94. The summed E-state index contributed by atoms with van der Waals surface area (Å²) in [4.78, 5) is 27.5. The predicted octanol–water partition coefficient (Wildman–Crippen LogP) is 3.77. The number of amides is 1. The van der Waals surface area contributed by atoms with E-state index in [1.54, 1.807) is 18.2 Å². The van der Waals surface area contributed by atoms with Crippen molar-refractivity contribution in [2.45, 2.75) is 12.7 Å². The molecule has 4 aromatic rings. The van der Waals surface area contributed by atoms with Crippen molar-refractivity contribution in [3.63, 3.8) is 0 Å². The third-order valence-corrected chi connectivity index (χ3v) is 5.41. The molecule has 0 aliphatic carbocycles. The zero-order valence-electron chi connectivity index (χ0n) is 19.3. The Labute approximate surface area is 205 Å². The molecule has 1 amide bonds. The normalized spacial score (nSPS) is 13.5. The maximum Gasteiger partial charge on any atom is 0.482 e. The molecule has 5 rings (SSSR count). The van der Waals surface area contributed by atoms with Gasteiger partial charge in [-0.1, -0.05) is 36.4 Å². The van der Waals surface area contributed by atoms with E-state index in [-0.39, 0.29) is 18.2 Å². The monoisotopic (exact) mass is 492 g/mol. The van der Waals surface area contributed by atoms with Gasteiger partial charge in [0.1, 0.15) is 18.2 Å². The van der Waals surface area contributed by atoms with E-state index in [0.717, 1.165) is 17.6 Å². The number of nitrogens with zero attached hydrogens (tertiary/aromatic N) is 5. The molecule has 9 nitrogen and oxygen atoms in total. The second kappa shape index (κ2) is 9.61. The molecule has 3 heterocycles. The number of hydrogen-bond acceptors (Lipinski definition) is 7. The second-order valence-corrected chi connectivity index (χ2v) is 8.01. The Morgan fingerprint density at radius 2 is 1.81 bits per heavy atom. The summed E-state index contributed by atoms with van der Waals surface area (Å²) in [6, 6.07) is 19.9. The van der Waals surface area contributed by atoms with Crippen LogP contribution in [0.25, 0.3) is 11.0 Å². The summed E-state index contributed by atoms with van der Waals surface area (Å²) in [6.45, 7) is 1.43. The Bertz CT molecular complexity index is 1420. The standard InChI is InChI=1S/C25H22F2N6O3/c1-32-15-14-28-23(32)33-20-12-6-5-11-19(20)30-24(33)35-16-17-8-7-13-21(29-17)31-22(34)25(26,27)36-18-9-3-2-4-10-18/h2-13H,14-16H2,1H3,(H,29,31,34). The lowest BCUT2D eigenvalue weighted by Crippen LogP contribution is -2.40. The number of nitrogens with one attached hydrogen (secondary N) is 1. The molecule has 0 radical (unpaired) electrons. The van der Waals surface area contributed by atoms with Crippen molar-refractivity contribution in [1.29, 1.82) is 0 Å². The van der Waals surface area contributed by atoms with Crippen LogP contribution in [-0.4, -0.2) is 57.5 Å². The van der Waals surface area contributed by atoms with Crippen LogP contribution in [0, 0.1) is 0 Å². The Hall–Kier alpha value is -4.54. The van der Waals surface area contributed by atoms with E-state index in [1.165, 1.54) is 30.3 Å². The van der Waals surface area contributed by atoms with Crippen LogP contribution in [0.3, 0.4) is 0 Å². The van der Waals surface area contributed by atoms with Gasteiger partial charge in [-0.15, -0.1) is 0 Å². The third-order valence-electron chi connectivity index (χ3n) is 5.41. The molecule has 11 heteroatoms. The molecule has 0 saturated carbocycles. The summed E-state index contributed by atoms with van der Waals surface area (Å²) in [6.07, 6.45) is -4.09. The number of anilines is 1. The first-order chi connectivity index (χ1) is 17.4. The molecule has 0 spiro atoms. The summed E-state index contributed by atoms with van der Waals surface area (Å²) in [5, 5.41) is 2.10. The van der Waals surface area contributed by atoms with Gasteiger partial charge in [0.05, 0.1) is 23.3 Å². The van der Waals surface area contributed by atoms with Crippen molar-refractivity contribution in [3.8, 4) is 11.8 Å². The van der Waals surface area contributed by atoms with Crippen molar-refractivity contribution >= 4 is 28.7 Å². The maximum atomic E-state index is 14.3. The number of imidazole rings is 1. The molecule has 2 aromatic heterocycles. The van der Waals surface area contributed by atoms with Gasteiger partial charge >= 0.3 is 18.0 Å². The molecule has 0 saturated heterocycles. The summed E-state index contributed by atoms with van der Waals surface area (Å²) in [5.41, 5.74) is 1.99. The zero-order valence-corrected chi connectivity index (χ0v) is 19.3. The zero-order chi connectivity index (χ0) is 25.1. The fraction of sp³-hybridized carbons (Fsp3) is 0.200. The average Bonchev–Trinajstić information content (AvgIpc) is 3.45. The number of ether oxygens (including phenoxy) is 2. The van der Waals surface area contributed by atoms with Crippen LogP contribution in [0.2, 0.25) is 0 Å². The Balaban J connectivity index is 1.31. The third kappa shape index (κ3) is 4.81. The van der Waals surface area contributed by atoms with Crippen LogP contribution in [-0.2, 0) is 11.4 Å². The van der Waals surface area contributed by atoms with Gasteiger partial charge in [-0.3, -0.25) is 9.79 Å². The fourth-order valence-corrected chi connectivity index (χ4v) is 3.70. The quantitative estimate of drug-likeness (QED) is 0.422. The lowest BCUT2D eigenvalue weighted by atomic mass is 10.3. The highest BCUT2D eigenvalue weighted by molar-refractivity contribution is 5.95. The van der Waals surface area contributed by atoms with E-state index in [9.17, 15) is 13.6 Å². The number of halogens is 2. The maximum absolute atomic E-state index is 14.3. The minimum absolute atomic E-state index is 0.0130. The molecule has 2 aromatic carbocycles. The summed E-state index contributed by atoms with van der Waals surface area (Å²) >= 11 is 0. The topological polar surface area (TPSA) is 93.9 Å². The van der Waals surface area contributed by atoms with Crippen LogP contribution < -0.4 is 14.8 Å². The number of carbonyl (C=O) groups excluding carboxylic acids is 1. The van der Waals surface area contributed by atoms with Gasteiger partial charge in [0.25, 0.3) is 0 Å². The Kier molecular flexibility index (Phi) is 6.19. The van der Waals surface area contributed by atoms with Gasteiger partial charge in [-0.05, 0) is 36.4 Å². The number of benzene rings is 2. The second-order valence-electron chi connectivity index (χ2n) is 8.01. The van der Waals surface area contributed by atoms with Crippen LogP contribution in [0.15, 0.2) is 77.8 Å². The van der Waals surface area contributed by atoms with Crippen molar-refractivity contribution in [1.82, 2.24) is 19.4 Å². The Morgan fingerprint density at radius 1 is 1.03 bits per heavy atom. The van der Waals surface area contributed by atoms with Gasteiger partial charge in [0.2, 0.25) is 5.96 Å². The van der Waals surface area contributed by atoms with Crippen LogP contribution in [0.5, 0.6) is 11.8 Å². The van der Waals surface area contributed by atoms with Crippen molar-refractivity contribution in [2.75, 3.05) is 25.5 Å². The van der Waals surface area contributed by atoms with Gasteiger partial charge in [0, 0.05) is 13.6 Å². The molecule has 1 aliphatic heterocycles. The molecule has 184 valence electrons. The van der Waals surface area contributed by atoms with Crippen LogP contribution in [0.4, 0.5) is 14.6 Å². The van der Waals surface area contributed by atoms with Gasteiger partial charge in [-0.2, -0.15) is 13.8 Å². The molecule has 1 aliphatic rings. The highest BCUT2D eigenvalue weighted by Gasteiger charge is 2.42. The minimum Gasteiger partial charge on any atom is -0.458 e. The number of fused-ring (bicyclic) bond motifs is 1. The largest absolute Gasteiger partial charge is 0.482 e. The number of para-hydroxylation sites is 3. The number of carbonyl (C=O) groups is 1. The number of hydrogen-bond donors (Lipinski definition) is 1. The van der Waals surface area contributed by atoms with Gasteiger partial charge < -0.3 is 19.7 Å².